The molecule has 4 N–H and O–H groups in total. The van der Waals surface area contributed by atoms with E-state index in [9.17, 15) is 0 Å². The average molecular weight is 242 g/mol. The summed E-state index contributed by atoms with van der Waals surface area (Å²) in [4.78, 5) is 1.31. The first kappa shape index (κ1) is 13.6. The molecule has 0 spiro atoms. The highest BCUT2D eigenvalue weighted by atomic mass is 32.1. The number of rotatable bonds is 6. The molecule has 0 fully saturated rings. The van der Waals surface area contributed by atoms with Gasteiger partial charge in [-0.2, -0.15) is 0 Å². The molecule has 0 bridgehead atoms. The molecule has 1 aromatic heterocycles. The van der Waals surface area contributed by atoms with Crippen molar-refractivity contribution < 1.29 is 5.11 Å². The van der Waals surface area contributed by atoms with Gasteiger partial charge in [0.2, 0.25) is 0 Å². The highest BCUT2D eigenvalue weighted by molar-refractivity contribution is 7.10. The molecule has 0 amide bonds. The molecule has 0 saturated heterocycles. The summed E-state index contributed by atoms with van der Waals surface area (Å²) in [6.45, 7) is 7.02. The van der Waals surface area contributed by atoms with Crippen molar-refractivity contribution >= 4 is 11.3 Å². The number of thiophene rings is 1. The molecule has 0 aliphatic rings. The van der Waals surface area contributed by atoms with Crippen molar-refractivity contribution in [2.75, 3.05) is 13.2 Å². The Morgan fingerprint density at radius 2 is 2.19 bits per heavy atom. The van der Waals surface area contributed by atoms with Gasteiger partial charge in [-0.25, -0.2) is 0 Å². The van der Waals surface area contributed by atoms with Crippen LogP contribution in [0.3, 0.4) is 0 Å². The van der Waals surface area contributed by atoms with Crippen LogP contribution in [0.5, 0.6) is 0 Å². The third-order valence-electron chi connectivity index (χ3n) is 3.06. The first-order valence-electron chi connectivity index (χ1n) is 5.71. The van der Waals surface area contributed by atoms with Gasteiger partial charge >= 0.3 is 0 Å². The quantitative estimate of drug-likeness (QED) is 0.711. The van der Waals surface area contributed by atoms with Gasteiger partial charge in [0.05, 0.1) is 6.04 Å². The fraction of sp³-hybridized carbons (Fsp3) is 0.667. The molecule has 1 rings (SSSR count). The van der Waals surface area contributed by atoms with Crippen molar-refractivity contribution in [3.63, 3.8) is 0 Å². The number of aryl methyl sites for hydroxylation is 1. The zero-order chi connectivity index (χ0) is 12.1. The van der Waals surface area contributed by atoms with Crippen LogP contribution in [-0.4, -0.2) is 24.3 Å². The van der Waals surface area contributed by atoms with E-state index < -0.39 is 0 Å². The summed E-state index contributed by atoms with van der Waals surface area (Å²) in [5.41, 5.74) is 7.09. The maximum absolute atomic E-state index is 9.11. The van der Waals surface area contributed by atoms with Crippen LogP contribution in [0, 0.1) is 12.8 Å². The van der Waals surface area contributed by atoms with Gasteiger partial charge in [-0.15, -0.1) is 11.3 Å². The normalized spacial score (nSPS) is 17.1. The fourth-order valence-corrected chi connectivity index (χ4v) is 2.63. The third kappa shape index (κ3) is 3.28. The number of hydrogen-bond donors (Lipinski definition) is 3. The topological polar surface area (TPSA) is 58.3 Å². The Morgan fingerprint density at radius 3 is 2.62 bits per heavy atom. The monoisotopic (exact) mass is 242 g/mol. The fourth-order valence-electron chi connectivity index (χ4n) is 1.63. The highest BCUT2D eigenvalue weighted by Gasteiger charge is 2.18. The molecule has 3 nitrogen and oxygen atoms in total. The average Bonchev–Trinajstić information content (AvgIpc) is 2.70. The lowest BCUT2D eigenvalue weighted by Gasteiger charge is -2.25. The number of nitrogens with one attached hydrogen (secondary N) is 1. The second kappa shape index (κ2) is 6.35. The van der Waals surface area contributed by atoms with Crippen LogP contribution in [0.25, 0.3) is 0 Å². The Hall–Kier alpha value is -0.420. The molecule has 92 valence electrons. The summed E-state index contributed by atoms with van der Waals surface area (Å²) in [6.07, 6.45) is 0. The lowest BCUT2D eigenvalue weighted by Crippen LogP contribution is -2.39. The summed E-state index contributed by atoms with van der Waals surface area (Å²) in [6, 6.07) is 2.58. The number of nitrogens with two attached hydrogens (primary N) is 1. The van der Waals surface area contributed by atoms with Gasteiger partial charge in [0.1, 0.15) is 0 Å². The van der Waals surface area contributed by atoms with Crippen LogP contribution >= 0.6 is 11.3 Å². The third-order valence-corrected chi connectivity index (χ3v) is 4.19. The Bertz CT molecular complexity index is 314. The minimum atomic E-state index is 0.198. The van der Waals surface area contributed by atoms with Gasteiger partial charge in [-0.1, -0.05) is 6.92 Å². The molecule has 0 saturated carbocycles. The molecule has 4 heteroatoms. The molecular formula is C12H22N2OS. The van der Waals surface area contributed by atoms with E-state index in [2.05, 4.69) is 30.6 Å². The van der Waals surface area contributed by atoms with E-state index in [0.29, 0.717) is 6.54 Å². The molecule has 0 aromatic carbocycles. The maximum Gasteiger partial charge on any atom is 0.0544 e. The summed E-state index contributed by atoms with van der Waals surface area (Å²) in [5, 5.41) is 14.7. The molecule has 3 atom stereocenters. The Morgan fingerprint density at radius 1 is 1.50 bits per heavy atom. The van der Waals surface area contributed by atoms with E-state index in [-0.39, 0.29) is 24.6 Å². The molecule has 1 heterocycles. The molecule has 3 unspecified atom stereocenters. The van der Waals surface area contributed by atoms with Gasteiger partial charge in [-0.3, -0.25) is 0 Å². The maximum atomic E-state index is 9.11. The predicted octanol–water partition coefficient (Wildman–Crippen LogP) is 1.66. The molecule has 16 heavy (non-hydrogen) atoms. The van der Waals surface area contributed by atoms with Crippen molar-refractivity contribution in [3.05, 3.63) is 21.9 Å². The summed E-state index contributed by atoms with van der Waals surface area (Å²) in [5.74, 6) is 0.245. The zero-order valence-electron chi connectivity index (χ0n) is 10.2. The summed E-state index contributed by atoms with van der Waals surface area (Å²) < 4.78 is 0. The standard InChI is InChI=1S/C12H22N2OS/c1-8-4-5-16-12(8)11(6-13)14-10(3)9(2)7-15/h4-5,9-11,14-15H,6-7,13H2,1-3H3. The number of aliphatic hydroxyl groups is 1. The van der Waals surface area contributed by atoms with Gasteiger partial charge < -0.3 is 16.2 Å². The van der Waals surface area contributed by atoms with Gasteiger partial charge in [0.25, 0.3) is 0 Å². The Kier molecular flexibility index (Phi) is 5.41. The second-order valence-corrected chi connectivity index (χ2v) is 5.32. The van der Waals surface area contributed by atoms with E-state index >= 15 is 0 Å². The Balaban J connectivity index is 2.66. The smallest absolute Gasteiger partial charge is 0.0544 e. The molecule has 0 aliphatic carbocycles. The SMILES string of the molecule is Cc1ccsc1C(CN)NC(C)C(C)CO. The van der Waals surface area contributed by atoms with Crippen LogP contribution < -0.4 is 11.1 Å². The highest BCUT2D eigenvalue weighted by Crippen LogP contribution is 2.24. The zero-order valence-corrected chi connectivity index (χ0v) is 11.1. The summed E-state index contributed by atoms with van der Waals surface area (Å²) >= 11 is 1.74. The predicted molar refractivity (Wildman–Crippen MR) is 69.7 cm³/mol. The van der Waals surface area contributed by atoms with E-state index in [4.69, 9.17) is 10.8 Å². The largest absolute Gasteiger partial charge is 0.396 e. The van der Waals surface area contributed by atoms with E-state index in [1.807, 2.05) is 6.92 Å². The van der Waals surface area contributed by atoms with Crippen LogP contribution in [0.4, 0.5) is 0 Å². The molecule has 1 aromatic rings. The van der Waals surface area contributed by atoms with Crippen molar-refractivity contribution in [3.8, 4) is 0 Å². The van der Waals surface area contributed by atoms with Crippen LogP contribution in [-0.2, 0) is 0 Å². The minimum Gasteiger partial charge on any atom is -0.396 e. The van der Waals surface area contributed by atoms with Crippen molar-refractivity contribution in [1.82, 2.24) is 5.32 Å². The van der Waals surface area contributed by atoms with E-state index in [1.54, 1.807) is 11.3 Å². The van der Waals surface area contributed by atoms with Gasteiger partial charge in [0.15, 0.2) is 0 Å². The lowest BCUT2D eigenvalue weighted by molar-refractivity contribution is 0.201. The van der Waals surface area contributed by atoms with Crippen molar-refractivity contribution in [1.29, 1.82) is 0 Å². The number of aliphatic hydroxyl groups excluding tert-OH is 1. The molecule has 0 radical (unpaired) electrons. The molecule has 0 aliphatic heterocycles. The first-order valence-corrected chi connectivity index (χ1v) is 6.59. The van der Waals surface area contributed by atoms with Crippen molar-refractivity contribution in [2.45, 2.75) is 32.9 Å². The molecular weight excluding hydrogens is 220 g/mol. The van der Waals surface area contributed by atoms with Gasteiger partial charge in [-0.05, 0) is 36.8 Å². The number of hydrogen-bond acceptors (Lipinski definition) is 4. The first-order chi connectivity index (χ1) is 7.60. The van der Waals surface area contributed by atoms with E-state index in [1.165, 1.54) is 10.4 Å². The Labute approximate surface area is 102 Å². The van der Waals surface area contributed by atoms with Gasteiger partial charge in [0, 0.05) is 24.1 Å². The van der Waals surface area contributed by atoms with Crippen LogP contribution in [0.2, 0.25) is 0 Å². The van der Waals surface area contributed by atoms with E-state index in [0.717, 1.165) is 0 Å². The minimum absolute atomic E-state index is 0.198. The second-order valence-electron chi connectivity index (χ2n) is 4.37. The van der Waals surface area contributed by atoms with Crippen LogP contribution in [0.15, 0.2) is 11.4 Å². The summed E-state index contributed by atoms with van der Waals surface area (Å²) in [7, 11) is 0. The van der Waals surface area contributed by atoms with Crippen LogP contribution in [0.1, 0.15) is 30.3 Å². The lowest BCUT2D eigenvalue weighted by atomic mass is 10.0. The van der Waals surface area contributed by atoms with Crippen molar-refractivity contribution in [2.24, 2.45) is 11.7 Å².